The maximum atomic E-state index is 5.85. The van der Waals surface area contributed by atoms with Crippen LogP contribution < -0.4 is 19.5 Å². The number of rotatable bonds is 5. The summed E-state index contributed by atoms with van der Waals surface area (Å²) in [6, 6.07) is 16.0. The van der Waals surface area contributed by atoms with Gasteiger partial charge in [-0.15, -0.1) is 0 Å². The van der Waals surface area contributed by atoms with Crippen molar-refractivity contribution in [2.24, 2.45) is 0 Å². The van der Waals surface area contributed by atoms with E-state index in [9.17, 15) is 0 Å². The largest absolute Gasteiger partial charge is 0.493 e. The molecule has 0 bridgehead atoms. The number of nitrogens with zero attached hydrogens (tertiary/aromatic N) is 2. The van der Waals surface area contributed by atoms with E-state index in [1.54, 1.807) is 21.3 Å². The summed E-state index contributed by atoms with van der Waals surface area (Å²) in [5, 5.41) is 4.04. The highest BCUT2D eigenvalue weighted by molar-refractivity contribution is 9.10. The van der Waals surface area contributed by atoms with Crippen LogP contribution in [0.15, 0.2) is 59.2 Å². The van der Waals surface area contributed by atoms with Crippen molar-refractivity contribution in [2.45, 2.75) is 12.6 Å². The molecule has 3 aromatic rings. The monoisotopic (exact) mass is 501 g/mol. The number of fused-ring (bicyclic) bond motifs is 1. The van der Waals surface area contributed by atoms with Gasteiger partial charge < -0.3 is 29.0 Å². The molecule has 1 atom stereocenters. The van der Waals surface area contributed by atoms with E-state index in [2.05, 4.69) is 49.0 Å². The Balaban J connectivity index is 1.76. The maximum absolute atomic E-state index is 5.85. The van der Waals surface area contributed by atoms with Crippen LogP contribution in [0.1, 0.15) is 17.3 Å². The second-order valence-corrected chi connectivity index (χ2v) is 8.42. The number of nitrogens with one attached hydrogen (secondary N) is 1. The van der Waals surface area contributed by atoms with Gasteiger partial charge in [-0.05, 0) is 60.2 Å². The molecular weight excluding hydrogens is 478 g/mol. The van der Waals surface area contributed by atoms with Crippen LogP contribution in [0, 0.1) is 0 Å². The standard InChI is InChI=1S/C23H24BrN3O3S/c1-28-19-12-15(13-20(29-2)22(19)30-3)21-18-8-5-9-26(18)10-11-27(21)23(31)25-17-7-4-6-16(24)14-17/h4-9,12-14,21H,10-11H2,1-3H3,(H,25,31). The minimum atomic E-state index is -0.107. The van der Waals surface area contributed by atoms with Gasteiger partial charge in [-0.1, -0.05) is 22.0 Å². The van der Waals surface area contributed by atoms with Gasteiger partial charge in [0.1, 0.15) is 0 Å². The van der Waals surface area contributed by atoms with E-state index < -0.39 is 0 Å². The van der Waals surface area contributed by atoms with Gasteiger partial charge >= 0.3 is 0 Å². The highest BCUT2D eigenvalue weighted by atomic mass is 79.9. The van der Waals surface area contributed by atoms with Gasteiger partial charge in [0, 0.05) is 35.1 Å². The zero-order valence-corrected chi connectivity index (χ0v) is 20.0. The van der Waals surface area contributed by atoms with Gasteiger partial charge in [-0.3, -0.25) is 0 Å². The van der Waals surface area contributed by atoms with Crippen molar-refractivity contribution >= 4 is 38.9 Å². The number of hydrogen-bond acceptors (Lipinski definition) is 4. The van der Waals surface area contributed by atoms with Gasteiger partial charge in [-0.2, -0.15) is 0 Å². The molecule has 162 valence electrons. The lowest BCUT2D eigenvalue weighted by Crippen LogP contribution is -2.44. The zero-order valence-electron chi connectivity index (χ0n) is 17.6. The number of benzene rings is 2. The number of halogens is 1. The SMILES string of the molecule is COc1cc(C2c3cccn3CCN2C(=S)Nc2cccc(Br)c2)cc(OC)c1OC. The molecule has 1 unspecified atom stereocenters. The van der Waals surface area contributed by atoms with E-state index in [-0.39, 0.29) is 6.04 Å². The molecule has 1 aliphatic heterocycles. The first-order chi connectivity index (χ1) is 15.0. The first kappa shape index (κ1) is 21.5. The fourth-order valence-corrected chi connectivity index (χ4v) is 4.69. The fraction of sp³-hybridized carbons (Fsp3) is 0.261. The molecule has 1 N–H and O–H groups in total. The van der Waals surface area contributed by atoms with Crippen molar-refractivity contribution in [3.63, 3.8) is 0 Å². The van der Waals surface area contributed by atoms with Crippen LogP contribution in [0.3, 0.4) is 0 Å². The molecule has 1 aromatic heterocycles. The Hall–Kier alpha value is -2.71. The molecule has 0 spiro atoms. The maximum Gasteiger partial charge on any atom is 0.203 e. The van der Waals surface area contributed by atoms with Crippen LogP contribution in [-0.2, 0) is 6.54 Å². The Kier molecular flexibility index (Phi) is 6.38. The van der Waals surface area contributed by atoms with Crippen LogP contribution >= 0.6 is 28.1 Å². The molecule has 1 aliphatic rings. The number of hydrogen-bond donors (Lipinski definition) is 1. The predicted octanol–water partition coefficient (Wildman–Crippen LogP) is 5.08. The predicted molar refractivity (Wildman–Crippen MR) is 129 cm³/mol. The van der Waals surface area contributed by atoms with Gasteiger partial charge in [0.2, 0.25) is 5.75 Å². The minimum Gasteiger partial charge on any atom is -0.493 e. The lowest BCUT2D eigenvalue weighted by atomic mass is 9.99. The molecule has 0 amide bonds. The summed E-state index contributed by atoms with van der Waals surface area (Å²) in [6.07, 6.45) is 2.10. The highest BCUT2D eigenvalue weighted by Crippen LogP contribution is 2.43. The summed E-state index contributed by atoms with van der Waals surface area (Å²) in [5.74, 6) is 1.80. The van der Waals surface area contributed by atoms with Crippen molar-refractivity contribution in [3.8, 4) is 17.2 Å². The van der Waals surface area contributed by atoms with Crippen LogP contribution in [0.25, 0.3) is 0 Å². The van der Waals surface area contributed by atoms with E-state index >= 15 is 0 Å². The molecule has 4 rings (SSSR count). The topological polar surface area (TPSA) is 47.9 Å². The Morgan fingerprint density at radius 2 is 1.74 bits per heavy atom. The van der Waals surface area contributed by atoms with Crippen LogP contribution in [0.4, 0.5) is 5.69 Å². The molecule has 31 heavy (non-hydrogen) atoms. The first-order valence-corrected chi connectivity index (χ1v) is 11.0. The number of aromatic nitrogens is 1. The molecule has 8 heteroatoms. The smallest absolute Gasteiger partial charge is 0.203 e. The van der Waals surface area contributed by atoms with Crippen LogP contribution in [0.5, 0.6) is 17.2 Å². The van der Waals surface area contributed by atoms with E-state index in [4.69, 9.17) is 26.4 Å². The molecule has 6 nitrogen and oxygen atoms in total. The lowest BCUT2D eigenvalue weighted by molar-refractivity contribution is 0.288. The molecule has 0 saturated heterocycles. The summed E-state index contributed by atoms with van der Waals surface area (Å²) in [5.41, 5.74) is 3.09. The van der Waals surface area contributed by atoms with Gasteiger partial charge in [-0.25, -0.2) is 0 Å². The van der Waals surface area contributed by atoms with Crippen molar-refractivity contribution in [1.29, 1.82) is 0 Å². The summed E-state index contributed by atoms with van der Waals surface area (Å²) < 4.78 is 20.0. The van der Waals surface area contributed by atoms with Gasteiger partial charge in [0.25, 0.3) is 0 Å². The molecule has 0 saturated carbocycles. The Morgan fingerprint density at radius 3 is 2.39 bits per heavy atom. The quantitative estimate of drug-likeness (QED) is 0.492. The summed E-state index contributed by atoms with van der Waals surface area (Å²) in [6.45, 7) is 1.62. The van der Waals surface area contributed by atoms with Gasteiger partial charge in [0.15, 0.2) is 16.6 Å². The Morgan fingerprint density at radius 1 is 1.00 bits per heavy atom. The summed E-state index contributed by atoms with van der Waals surface area (Å²) >= 11 is 9.37. The summed E-state index contributed by atoms with van der Waals surface area (Å²) in [4.78, 5) is 2.20. The van der Waals surface area contributed by atoms with Crippen molar-refractivity contribution < 1.29 is 14.2 Å². The molecule has 0 radical (unpaired) electrons. The number of anilines is 1. The molecular formula is C23H24BrN3O3S. The average Bonchev–Trinajstić information content (AvgIpc) is 3.26. The number of thiocarbonyl (C=S) groups is 1. The van der Waals surface area contributed by atoms with Crippen molar-refractivity contribution in [2.75, 3.05) is 33.2 Å². The van der Waals surface area contributed by atoms with E-state index in [1.807, 2.05) is 36.4 Å². The average molecular weight is 502 g/mol. The second kappa shape index (κ2) is 9.20. The fourth-order valence-electron chi connectivity index (χ4n) is 3.97. The van der Waals surface area contributed by atoms with Crippen LogP contribution in [0.2, 0.25) is 0 Å². The molecule has 0 aliphatic carbocycles. The van der Waals surface area contributed by atoms with Gasteiger partial charge in [0.05, 0.1) is 27.4 Å². The van der Waals surface area contributed by atoms with Crippen LogP contribution in [-0.4, -0.2) is 42.5 Å². The first-order valence-electron chi connectivity index (χ1n) is 9.84. The second-order valence-electron chi connectivity index (χ2n) is 7.12. The molecule has 2 heterocycles. The third-order valence-electron chi connectivity index (χ3n) is 5.38. The van der Waals surface area contributed by atoms with Crippen molar-refractivity contribution in [3.05, 3.63) is 70.5 Å². The minimum absolute atomic E-state index is 0.107. The Bertz CT molecular complexity index is 1080. The number of ether oxygens (including phenoxy) is 3. The van der Waals surface area contributed by atoms with E-state index in [1.165, 1.54) is 0 Å². The normalized spacial score (nSPS) is 15.2. The zero-order chi connectivity index (χ0) is 22.0. The van der Waals surface area contributed by atoms with E-state index in [0.29, 0.717) is 22.4 Å². The molecule has 2 aromatic carbocycles. The lowest BCUT2D eigenvalue weighted by Gasteiger charge is -2.39. The van der Waals surface area contributed by atoms with Crippen molar-refractivity contribution in [1.82, 2.24) is 9.47 Å². The third-order valence-corrected chi connectivity index (χ3v) is 6.21. The van der Waals surface area contributed by atoms with E-state index in [0.717, 1.165) is 34.5 Å². The molecule has 0 fully saturated rings. The third kappa shape index (κ3) is 4.22. The highest BCUT2D eigenvalue weighted by Gasteiger charge is 2.32. The summed E-state index contributed by atoms with van der Waals surface area (Å²) in [7, 11) is 4.86. The number of methoxy groups -OCH3 is 3. The Labute approximate surface area is 195 Å².